The molecule has 0 aromatic carbocycles. The summed E-state index contributed by atoms with van der Waals surface area (Å²) >= 11 is 0. The van der Waals surface area contributed by atoms with Crippen molar-refractivity contribution in [3.63, 3.8) is 0 Å². The van der Waals surface area contributed by atoms with Gasteiger partial charge in [-0.25, -0.2) is 0 Å². The number of aliphatic hydroxyl groups excluding tert-OH is 2. The number of esters is 1. The third-order valence-electron chi connectivity index (χ3n) is 13.1. The van der Waals surface area contributed by atoms with Crippen molar-refractivity contribution in [3.05, 3.63) is 12.2 Å². The number of unbranched alkanes of at least 4 members (excludes halogenated alkanes) is 41. The first-order chi connectivity index (χ1) is 30.5. The molecule has 2 unspecified atom stereocenters. The van der Waals surface area contributed by atoms with E-state index in [1.807, 2.05) is 6.08 Å². The van der Waals surface area contributed by atoms with Crippen molar-refractivity contribution in [2.75, 3.05) is 13.2 Å². The average molecular weight is 876 g/mol. The van der Waals surface area contributed by atoms with E-state index in [2.05, 4.69) is 19.2 Å². The van der Waals surface area contributed by atoms with E-state index in [1.165, 1.54) is 244 Å². The summed E-state index contributed by atoms with van der Waals surface area (Å²) in [5.41, 5.74) is 0. The molecule has 0 saturated heterocycles. The highest BCUT2D eigenvalue weighted by Gasteiger charge is 2.18. The number of ether oxygens (including phenoxy) is 1. The lowest BCUT2D eigenvalue weighted by Crippen LogP contribution is -2.45. The van der Waals surface area contributed by atoms with Gasteiger partial charge in [0.25, 0.3) is 0 Å². The first-order valence-corrected chi connectivity index (χ1v) is 28.0. The minimum atomic E-state index is -0.840. The number of hydrogen-bond donors (Lipinski definition) is 3. The predicted molar refractivity (Wildman–Crippen MR) is 269 cm³/mol. The van der Waals surface area contributed by atoms with Crippen LogP contribution in [0, 0.1) is 0 Å². The molecule has 3 N–H and O–H groups in total. The lowest BCUT2D eigenvalue weighted by atomic mass is 10.0. The minimum Gasteiger partial charge on any atom is -0.466 e. The monoisotopic (exact) mass is 876 g/mol. The summed E-state index contributed by atoms with van der Waals surface area (Å²) in [7, 11) is 0. The Hall–Kier alpha value is -1.40. The first kappa shape index (κ1) is 60.6. The molecule has 0 saturated carbocycles. The summed E-state index contributed by atoms with van der Waals surface area (Å²) in [6.07, 6.45) is 61.0. The zero-order valence-electron chi connectivity index (χ0n) is 41.9. The fourth-order valence-electron chi connectivity index (χ4n) is 8.75. The Kier molecular flexibility index (Phi) is 51.0. The fourth-order valence-corrected chi connectivity index (χ4v) is 8.75. The van der Waals surface area contributed by atoms with Gasteiger partial charge in [-0.3, -0.25) is 9.59 Å². The van der Waals surface area contributed by atoms with Crippen LogP contribution in [0.2, 0.25) is 0 Å². The number of nitrogens with one attached hydrogen (secondary N) is 1. The van der Waals surface area contributed by atoms with E-state index >= 15 is 0 Å². The van der Waals surface area contributed by atoms with E-state index in [-0.39, 0.29) is 18.5 Å². The maximum atomic E-state index is 12.4. The summed E-state index contributed by atoms with van der Waals surface area (Å²) in [5.74, 6) is -0.0531. The molecule has 0 bridgehead atoms. The van der Waals surface area contributed by atoms with Gasteiger partial charge in [0, 0.05) is 12.8 Å². The zero-order chi connectivity index (χ0) is 45.1. The molecular weight excluding hydrogens is 767 g/mol. The molecule has 0 spiro atoms. The quantitative estimate of drug-likeness (QED) is 0.0321. The van der Waals surface area contributed by atoms with E-state index < -0.39 is 12.1 Å². The van der Waals surface area contributed by atoms with E-state index in [4.69, 9.17) is 4.74 Å². The molecule has 0 heterocycles. The molecule has 0 fully saturated rings. The number of carbonyl (C=O) groups is 2. The maximum absolute atomic E-state index is 12.4. The normalized spacial score (nSPS) is 12.6. The van der Waals surface area contributed by atoms with Gasteiger partial charge in [0.2, 0.25) is 5.91 Å². The molecule has 0 aliphatic heterocycles. The number of carbonyl (C=O) groups excluding carboxylic acids is 2. The Labute approximate surface area is 387 Å². The number of amides is 1. The highest BCUT2D eigenvalue weighted by atomic mass is 16.5. The summed E-state index contributed by atoms with van der Waals surface area (Å²) < 4.78 is 5.46. The molecule has 6 heteroatoms. The van der Waals surface area contributed by atoms with Crippen LogP contribution in [0.5, 0.6) is 0 Å². The van der Waals surface area contributed by atoms with Crippen molar-refractivity contribution in [2.24, 2.45) is 0 Å². The van der Waals surface area contributed by atoms with E-state index in [1.54, 1.807) is 6.08 Å². The van der Waals surface area contributed by atoms with Crippen molar-refractivity contribution >= 4 is 11.9 Å². The highest BCUT2D eigenvalue weighted by Crippen LogP contribution is 2.17. The van der Waals surface area contributed by atoms with Crippen molar-refractivity contribution in [3.8, 4) is 0 Å². The third-order valence-corrected chi connectivity index (χ3v) is 13.1. The van der Waals surface area contributed by atoms with Crippen LogP contribution in [0.15, 0.2) is 12.2 Å². The molecular formula is C56H109NO5. The first-order valence-electron chi connectivity index (χ1n) is 28.0. The van der Waals surface area contributed by atoms with Crippen LogP contribution in [0.4, 0.5) is 0 Å². The van der Waals surface area contributed by atoms with Gasteiger partial charge in [0.05, 0.1) is 25.4 Å². The van der Waals surface area contributed by atoms with Crippen molar-refractivity contribution in [1.82, 2.24) is 5.32 Å². The Balaban J connectivity index is 3.35. The second-order valence-electron chi connectivity index (χ2n) is 19.3. The van der Waals surface area contributed by atoms with Gasteiger partial charge >= 0.3 is 5.97 Å². The SMILES string of the molecule is CCCCCCCCCC/C=C/C(O)C(CO)NC(=O)CCCCCCCCCCCCCCCCCCCCCCCCCCOC(=O)CCCCCCCCCCCCC. The second-order valence-corrected chi connectivity index (χ2v) is 19.3. The van der Waals surface area contributed by atoms with Gasteiger partial charge in [0.1, 0.15) is 0 Å². The predicted octanol–water partition coefficient (Wildman–Crippen LogP) is 16.9. The number of allylic oxidation sites excluding steroid dienone is 1. The van der Waals surface area contributed by atoms with Crippen LogP contribution in [0.1, 0.15) is 309 Å². The van der Waals surface area contributed by atoms with E-state index in [9.17, 15) is 19.8 Å². The standard InChI is InChI=1S/C56H109NO5/c1-3-5-7-9-11-13-29-34-38-42-46-50-56(61)62-51-47-43-39-35-31-28-26-24-22-20-18-16-15-17-19-21-23-25-27-30-33-37-41-45-49-55(60)57-53(52-58)54(59)48-44-40-36-32-14-12-10-8-6-4-2/h44,48,53-54,58-59H,3-43,45-47,49-52H2,1-2H3,(H,57,60)/b48-44+. The molecule has 2 atom stereocenters. The largest absolute Gasteiger partial charge is 0.466 e. The van der Waals surface area contributed by atoms with Crippen LogP contribution in [0.25, 0.3) is 0 Å². The van der Waals surface area contributed by atoms with Gasteiger partial charge in [-0.15, -0.1) is 0 Å². The van der Waals surface area contributed by atoms with Gasteiger partial charge in [0.15, 0.2) is 0 Å². The summed E-state index contributed by atoms with van der Waals surface area (Å²) in [5, 5.41) is 23.0. The molecule has 0 aromatic heterocycles. The Morgan fingerprint density at radius 2 is 0.742 bits per heavy atom. The van der Waals surface area contributed by atoms with Crippen LogP contribution >= 0.6 is 0 Å². The number of rotatable bonds is 52. The summed E-state index contributed by atoms with van der Waals surface area (Å²) in [6, 6.07) is -0.624. The molecule has 62 heavy (non-hydrogen) atoms. The number of aliphatic hydroxyl groups is 2. The zero-order valence-corrected chi connectivity index (χ0v) is 41.9. The van der Waals surface area contributed by atoms with Crippen molar-refractivity contribution < 1.29 is 24.5 Å². The van der Waals surface area contributed by atoms with Gasteiger partial charge in [-0.1, -0.05) is 276 Å². The average Bonchev–Trinajstić information content (AvgIpc) is 3.27. The minimum absolute atomic E-state index is 0.0147. The summed E-state index contributed by atoms with van der Waals surface area (Å²) in [4.78, 5) is 24.4. The second kappa shape index (κ2) is 52.2. The van der Waals surface area contributed by atoms with E-state index in [0.29, 0.717) is 19.4 Å². The Morgan fingerprint density at radius 1 is 0.435 bits per heavy atom. The molecule has 368 valence electrons. The van der Waals surface area contributed by atoms with Crippen LogP contribution in [-0.4, -0.2) is 47.4 Å². The lowest BCUT2D eigenvalue weighted by molar-refractivity contribution is -0.143. The molecule has 6 nitrogen and oxygen atoms in total. The van der Waals surface area contributed by atoms with Gasteiger partial charge in [-0.2, -0.15) is 0 Å². The Bertz CT molecular complexity index is 924. The van der Waals surface area contributed by atoms with Crippen LogP contribution in [-0.2, 0) is 14.3 Å². The molecule has 0 aliphatic carbocycles. The molecule has 0 aliphatic rings. The lowest BCUT2D eigenvalue weighted by Gasteiger charge is -2.20. The molecule has 0 radical (unpaired) electrons. The fraction of sp³-hybridized carbons (Fsp3) is 0.929. The van der Waals surface area contributed by atoms with Crippen molar-refractivity contribution in [1.29, 1.82) is 0 Å². The smallest absolute Gasteiger partial charge is 0.305 e. The van der Waals surface area contributed by atoms with Crippen LogP contribution < -0.4 is 5.32 Å². The summed E-state index contributed by atoms with van der Waals surface area (Å²) in [6.45, 7) is 4.89. The number of hydrogen-bond acceptors (Lipinski definition) is 5. The van der Waals surface area contributed by atoms with Crippen LogP contribution in [0.3, 0.4) is 0 Å². The topological polar surface area (TPSA) is 95.9 Å². The van der Waals surface area contributed by atoms with Crippen molar-refractivity contribution in [2.45, 2.75) is 321 Å². The van der Waals surface area contributed by atoms with Gasteiger partial charge < -0.3 is 20.3 Å². The third kappa shape index (κ3) is 48.1. The van der Waals surface area contributed by atoms with E-state index in [0.717, 1.165) is 38.5 Å². The van der Waals surface area contributed by atoms with Gasteiger partial charge in [-0.05, 0) is 32.1 Å². The molecule has 1 amide bonds. The highest BCUT2D eigenvalue weighted by molar-refractivity contribution is 5.76. The molecule has 0 aromatic rings. The Morgan fingerprint density at radius 3 is 1.10 bits per heavy atom. The maximum Gasteiger partial charge on any atom is 0.305 e. The molecule has 0 rings (SSSR count).